The minimum absolute atomic E-state index is 0.167. The van der Waals surface area contributed by atoms with Crippen LogP contribution < -0.4 is 10.2 Å². The molecule has 98 valence electrons. The number of aliphatic hydroxyl groups is 1. The molecule has 0 fully saturated rings. The third kappa shape index (κ3) is 1.91. The summed E-state index contributed by atoms with van der Waals surface area (Å²) < 4.78 is 42.6. The number of rotatable bonds is 1. The van der Waals surface area contributed by atoms with Crippen LogP contribution in [0.2, 0.25) is 0 Å². The molecule has 0 saturated carbocycles. The molecule has 4 nitrogen and oxygen atoms in total. The van der Waals surface area contributed by atoms with Crippen molar-refractivity contribution < 1.29 is 28.2 Å². The molecule has 1 heterocycles. The number of halogens is 3. The number of alkyl halides is 3. The van der Waals surface area contributed by atoms with Gasteiger partial charge < -0.3 is 9.84 Å². The van der Waals surface area contributed by atoms with Crippen molar-refractivity contribution in [3.05, 3.63) is 35.4 Å². The van der Waals surface area contributed by atoms with E-state index in [1.54, 1.807) is 12.4 Å². The van der Waals surface area contributed by atoms with Gasteiger partial charge in [0.15, 0.2) is 0 Å². The van der Waals surface area contributed by atoms with E-state index in [1.165, 1.54) is 18.2 Å². The van der Waals surface area contributed by atoms with Crippen LogP contribution in [0, 0.1) is 6.92 Å². The zero-order valence-corrected chi connectivity index (χ0v) is 9.25. The lowest BCUT2D eigenvalue weighted by atomic mass is 10.0. The van der Waals surface area contributed by atoms with Crippen LogP contribution in [0.5, 0.6) is 5.75 Å². The highest BCUT2D eigenvalue weighted by Gasteiger charge is 2.57. The Balaban J connectivity index is 2.57. The van der Waals surface area contributed by atoms with Crippen LogP contribution >= 0.6 is 0 Å². The molecule has 2 rings (SSSR count). The number of aryl methyl sites for hydroxylation is 1. The second kappa shape index (κ2) is 3.89. The van der Waals surface area contributed by atoms with E-state index in [2.05, 4.69) is 4.74 Å². The van der Waals surface area contributed by atoms with Crippen molar-refractivity contribution >= 4 is 5.70 Å². The fourth-order valence-electron chi connectivity index (χ4n) is 1.65. The zero-order valence-electron chi connectivity index (χ0n) is 9.25. The lowest BCUT2D eigenvalue weighted by Gasteiger charge is -2.33. The second-order valence-corrected chi connectivity index (χ2v) is 3.97. The predicted octanol–water partition coefficient (Wildman–Crippen LogP) is 1.96. The molecule has 7 heteroatoms. The van der Waals surface area contributed by atoms with Crippen LogP contribution in [0.25, 0.3) is 5.70 Å². The number of ether oxygens (including phenoxy) is 1. The summed E-state index contributed by atoms with van der Waals surface area (Å²) in [6.45, 7) is 1.74. The molecular weight excluding hydrogens is 251 g/mol. The molecule has 0 aromatic heterocycles. The number of hydrogen-bond donors (Lipinski definition) is 3. The predicted molar refractivity (Wildman–Crippen MR) is 55.7 cm³/mol. The average molecular weight is 261 g/mol. The maximum absolute atomic E-state index is 12.7. The third-order valence-electron chi connectivity index (χ3n) is 2.56. The van der Waals surface area contributed by atoms with Gasteiger partial charge in [-0.1, -0.05) is 11.6 Å². The molecule has 1 atom stereocenters. The zero-order chi connectivity index (χ0) is 13.6. The van der Waals surface area contributed by atoms with Crippen molar-refractivity contribution in [2.24, 2.45) is 0 Å². The first-order valence-corrected chi connectivity index (χ1v) is 4.99. The molecule has 3 N–H and O–H groups in total. The Labute approximate surface area is 100 Å². The van der Waals surface area contributed by atoms with E-state index in [-0.39, 0.29) is 17.0 Å². The Morgan fingerprint density at radius 3 is 2.56 bits per heavy atom. The Morgan fingerprint density at radius 2 is 2.00 bits per heavy atom. The maximum atomic E-state index is 12.7. The van der Waals surface area contributed by atoms with Gasteiger partial charge in [-0.05, 0) is 19.1 Å². The van der Waals surface area contributed by atoms with Crippen LogP contribution in [0.15, 0.2) is 24.3 Å². The van der Waals surface area contributed by atoms with Gasteiger partial charge in [-0.3, -0.25) is 10.7 Å². The van der Waals surface area contributed by atoms with E-state index >= 15 is 0 Å². The standard InChI is InChI=1S/C11H10F3NO3/c1-6-2-3-9-7(4-6)8(15-17)5-10(16,18-9)11(12,13)14/h2-5,15-17H,1H3. The molecule has 0 radical (unpaired) electrons. The molecule has 0 spiro atoms. The topological polar surface area (TPSA) is 61.7 Å². The molecule has 18 heavy (non-hydrogen) atoms. The summed E-state index contributed by atoms with van der Waals surface area (Å²) in [7, 11) is 0. The highest BCUT2D eigenvalue weighted by atomic mass is 19.4. The van der Waals surface area contributed by atoms with E-state index in [4.69, 9.17) is 5.21 Å². The van der Waals surface area contributed by atoms with Crippen molar-refractivity contribution in [2.45, 2.75) is 18.9 Å². The smallest absolute Gasteiger partial charge is 0.450 e. The quantitative estimate of drug-likeness (QED) is 0.676. The van der Waals surface area contributed by atoms with Gasteiger partial charge >= 0.3 is 12.0 Å². The minimum Gasteiger partial charge on any atom is -0.450 e. The minimum atomic E-state index is -5.02. The van der Waals surface area contributed by atoms with Gasteiger partial charge in [0.25, 0.3) is 0 Å². The van der Waals surface area contributed by atoms with Crippen LogP contribution in [0.4, 0.5) is 13.2 Å². The molecule has 1 aromatic rings. The second-order valence-electron chi connectivity index (χ2n) is 3.97. The fraction of sp³-hybridized carbons (Fsp3) is 0.273. The average Bonchev–Trinajstić information content (AvgIpc) is 2.27. The van der Waals surface area contributed by atoms with Gasteiger partial charge in [-0.2, -0.15) is 13.2 Å². The highest BCUT2D eigenvalue weighted by Crippen LogP contribution is 2.41. The molecule has 0 amide bonds. The maximum Gasteiger partial charge on any atom is 0.459 e. The summed E-state index contributed by atoms with van der Waals surface area (Å²) in [5.74, 6) is -3.63. The summed E-state index contributed by atoms with van der Waals surface area (Å²) in [5, 5.41) is 18.3. The molecular formula is C11H10F3NO3. The van der Waals surface area contributed by atoms with E-state index in [0.29, 0.717) is 6.08 Å². The SMILES string of the molecule is Cc1ccc2c(c1)C(NO)=CC(O)(C(F)(F)F)O2. The normalized spacial score (nSPS) is 22.9. The fourth-order valence-corrected chi connectivity index (χ4v) is 1.65. The lowest BCUT2D eigenvalue weighted by molar-refractivity contribution is -0.311. The first-order valence-electron chi connectivity index (χ1n) is 4.99. The Bertz CT molecular complexity index is 513. The number of nitrogens with one attached hydrogen (secondary N) is 1. The number of fused-ring (bicyclic) bond motifs is 1. The summed E-state index contributed by atoms with van der Waals surface area (Å²) in [6, 6.07) is 4.36. The van der Waals surface area contributed by atoms with E-state index in [9.17, 15) is 18.3 Å². The molecule has 1 aliphatic rings. The molecule has 1 aromatic carbocycles. The van der Waals surface area contributed by atoms with Gasteiger partial charge in [-0.15, -0.1) is 0 Å². The number of hydrogen-bond acceptors (Lipinski definition) is 4. The van der Waals surface area contributed by atoms with Crippen LogP contribution in [0.3, 0.4) is 0 Å². The van der Waals surface area contributed by atoms with Gasteiger partial charge in [0.05, 0.1) is 5.70 Å². The lowest BCUT2D eigenvalue weighted by Crippen LogP contribution is -2.50. The Hall–Kier alpha value is -1.73. The molecule has 1 unspecified atom stereocenters. The Morgan fingerprint density at radius 1 is 1.33 bits per heavy atom. The largest absolute Gasteiger partial charge is 0.459 e. The molecule has 0 bridgehead atoms. The van der Waals surface area contributed by atoms with Crippen LogP contribution in [-0.4, -0.2) is 22.3 Å². The Kier molecular flexibility index (Phi) is 2.75. The number of benzene rings is 1. The number of hydroxylamine groups is 1. The van der Waals surface area contributed by atoms with Crippen LogP contribution in [0.1, 0.15) is 11.1 Å². The summed E-state index contributed by atoms with van der Waals surface area (Å²) in [5.41, 5.74) is 2.39. The van der Waals surface area contributed by atoms with Crippen molar-refractivity contribution in [1.29, 1.82) is 0 Å². The van der Waals surface area contributed by atoms with Gasteiger partial charge in [-0.25, -0.2) is 0 Å². The summed E-state index contributed by atoms with van der Waals surface area (Å²) in [4.78, 5) is 0. The van der Waals surface area contributed by atoms with Crippen molar-refractivity contribution in [3.8, 4) is 5.75 Å². The van der Waals surface area contributed by atoms with E-state index in [0.717, 1.165) is 5.56 Å². The van der Waals surface area contributed by atoms with Gasteiger partial charge in [0, 0.05) is 11.6 Å². The summed E-state index contributed by atoms with van der Waals surface area (Å²) >= 11 is 0. The van der Waals surface area contributed by atoms with Gasteiger partial charge in [0.1, 0.15) is 5.75 Å². The molecule has 0 aliphatic carbocycles. The highest BCUT2D eigenvalue weighted by molar-refractivity contribution is 5.72. The van der Waals surface area contributed by atoms with Crippen molar-refractivity contribution in [2.75, 3.05) is 0 Å². The van der Waals surface area contributed by atoms with E-state index in [1.807, 2.05) is 0 Å². The monoisotopic (exact) mass is 261 g/mol. The molecule has 0 saturated heterocycles. The van der Waals surface area contributed by atoms with E-state index < -0.39 is 12.0 Å². The molecule has 1 aliphatic heterocycles. The van der Waals surface area contributed by atoms with Crippen LogP contribution in [-0.2, 0) is 0 Å². The van der Waals surface area contributed by atoms with Crippen molar-refractivity contribution in [3.63, 3.8) is 0 Å². The summed E-state index contributed by atoms with van der Waals surface area (Å²) in [6.07, 6.45) is -4.63. The first-order chi connectivity index (χ1) is 8.27. The first kappa shape index (κ1) is 12.7. The van der Waals surface area contributed by atoms with Crippen molar-refractivity contribution in [1.82, 2.24) is 5.48 Å². The third-order valence-corrected chi connectivity index (χ3v) is 2.56. The van der Waals surface area contributed by atoms with Gasteiger partial charge in [0.2, 0.25) is 0 Å².